The molecular weight excluding hydrogens is 342 g/mol. The fraction of sp³-hybridized carbons (Fsp3) is 0.200. The third kappa shape index (κ3) is 4.21. The number of benzene rings is 1. The molecule has 0 amide bonds. The predicted molar refractivity (Wildman–Crippen MR) is 74.6 cm³/mol. The van der Waals surface area contributed by atoms with Gasteiger partial charge in [0, 0.05) is 22.3 Å². The molecule has 18 heavy (non-hydrogen) atoms. The summed E-state index contributed by atoms with van der Waals surface area (Å²) >= 11 is 17.1. The molecule has 0 spiro atoms. The van der Waals surface area contributed by atoms with Gasteiger partial charge < -0.3 is 4.74 Å². The highest BCUT2D eigenvalue weighted by molar-refractivity contribution is 8.13. The van der Waals surface area contributed by atoms with Crippen molar-refractivity contribution >= 4 is 54.5 Å². The smallest absolute Gasteiger partial charge is 0.262 e. The summed E-state index contributed by atoms with van der Waals surface area (Å²) < 4.78 is 27.7. The van der Waals surface area contributed by atoms with Gasteiger partial charge >= 0.3 is 0 Å². The van der Waals surface area contributed by atoms with Gasteiger partial charge in [-0.05, 0) is 18.6 Å². The average molecular weight is 350 g/mol. The molecule has 0 bridgehead atoms. The Morgan fingerprint density at radius 2 is 1.94 bits per heavy atom. The molecule has 0 heterocycles. The molecule has 0 fully saturated rings. The predicted octanol–water partition coefficient (Wildman–Crippen LogP) is 4.44. The minimum absolute atomic E-state index is 0.0584. The van der Waals surface area contributed by atoms with Crippen molar-refractivity contribution in [3.05, 3.63) is 33.3 Å². The quantitative estimate of drug-likeness (QED) is 0.754. The van der Waals surface area contributed by atoms with Gasteiger partial charge in [0.15, 0.2) is 0 Å². The molecular formula is C10H8Cl4O3S. The number of halogens is 4. The van der Waals surface area contributed by atoms with Gasteiger partial charge in [-0.15, -0.1) is 0 Å². The Balaban J connectivity index is 3.08. The normalized spacial score (nSPS) is 12.6. The summed E-state index contributed by atoms with van der Waals surface area (Å²) in [7, 11) is 1.26. The van der Waals surface area contributed by atoms with Crippen LogP contribution in [0.2, 0.25) is 10.0 Å². The Morgan fingerprint density at radius 3 is 2.44 bits per heavy atom. The fourth-order valence-corrected chi connectivity index (χ4v) is 2.89. The van der Waals surface area contributed by atoms with Crippen LogP contribution < -0.4 is 4.74 Å². The lowest BCUT2D eigenvalue weighted by Crippen LogP contribution is -2.00. The van der Waals surface area contributed by atoms with Crippen LogP contribution in [0, 0.1) is 0 Å². The maximum Gasteiger partial charge on any atom is 0.262 e. The average Bonchev–Trinajstić information content (AvgIpc) is 2.27. The molecule has 0 aliphatic carbocycles. The second-order valence-corrected chi connectivity index (χ2v) is 6.96. The summed E-state index contributed by atoms with van der Waals surface area (Å²) in [6.45, 7) is 1.98. The van der Waals surface area contributed by atoms with Crippen LogP contribution in [0.25, 0.3) is 0 Å². The molecule has 1 rings (SSSR count). The van der Waals surface area contributed by atoms with Crippen LogP contribution in [-0.2, 0) is 9.05 Å². The van der Waals surface area contributed by atoms with E-state index in [1.54, 1.807) is 6.92 Å². The summed E-state index contributed by atoms with van der Waals surface area (Å²) in [5.41, 5.74) is 2.14. The van der Waals surface area contributed by atoms with E-state index in [2.05, 4.69) is 0 Å². The molecule has 0 atom stereocenters. The molecule has 0 N–H and O–H groups in total. The summed E-state index contributed by atoms with van der Waals surface area (Å²) in [6.07, 6.45) is 0. The fourth-order valence-electron chi connectivity index (χ4n) is 1.03. The van der Waals surface area contributed by atoms with Crippen LogP contribution in [0.15, 0.2) is 28.1 Å². The van der Waals surface area contributed by atoms with Gasteiger partial charge in [-0.25, -0.2) is 8.42 Å². The minimum atomic E-state index is -3.94. The third-order valence-corrected chi connectivity index (χ3v) is 4.35. The molecule has 0 aliphatic heterocycles. The van der Waals surface area contributed by atoms with Crippen molar-refractivity contribution in [1.82, 2.24) is 0 Å². The first-order valence-corrected chi connectivity index (χ1v) is 8.08. The molecule has 0 saturated heterocycles. The van der Waals surface area contributed by atoms with Crippen molar-refractivity contribution in [1.29, 1.82) is 0 Å². The van der Waals surface area contributed by atoms with Crippen molar-refractivity contribution in [3.8, 4) is 5.75 Å². The van der Waals surface area contributed by atoms with E-state index < -0.39 is 9.05 Å². The molecule has 0 radical (unpaired) electrons. The summed E-state index contributed by atoms with van der Waals surface area (Å²) in [5, 5.41) is 0.0397. The molecule has 0 aliphatic rings. The summed E-state index contributed by atoms with van der Waals surface area (Å²) in [6, 6.07) is 2.43. The van der Waals surface area contributed by atoms with Gasteiger partial charge in [-0.2, -0.15) is 0 Å². The first-order valence-electron chi connectivity index (χ1n) is 4.58. The zero-order valence-electron chi connectivity index (χ0n) is 9.08. The lowest BCUT2D eigenvalue weighted by atomic mass is 10.3. The van der Waals surface area contributed by atoms with Gasteiger partial charge in [0.2, 0.25) is 0 Å². The van der Waals surface area contributed by atoms with Crippen LogP contribution in [0.5, 0.6) is 5.75 Å². The minimum Gasteiger partial charge on any atom is -0.488 e. The van der Waals surface area contributed by atoms with Crippen molar-refractivity contribution < 1.29 is 13.2 Å². The van der Waals surface area contributed by atoms with E-state index >= 15 is 0 Å². The monoisotopic (exact) mass is 348 g/mol. The van der Waals surface area contributed by atoms with Gasteiger partial charge in [0.1, 0.15) is 17.3 Å². The Morgan fingerprint density at radius 1 is 1.33 bits per heavy atom. The highest BCUT2D eigenvalue weighted by atomic mass is 35.7. The number of hydrogen-bond acceptors (Lipinski definition) is 3. The van der Waals surface area contributed by atoms with Crippen LogP contribution >= 0.6 is 45.5 Å². The number of ether oxygens (including phenoxy) is 1. The first-order chi connectivity index (χ1) is 8.25. The van der Waals surface area contributed by atoms with E-state index in [-0.39, 0.29) is 27.3 Å². The molecule has 3 nitrogen and oxygen atoms in total. The van der Waals surface area contributed by atoms with Crippen molar-refractivity contribution in [2.75, 3.05) is 6.61 Å². The van der Waals surface area contributed by atoms with Crippen LogP contribution in [0.3, 0.4) is 0 Å². The molecule has 1 aromatic rings. The number of rotatable bonds is 4. The van der Waals surface area contributed by atoms with Gasteiger partial charge in [-0.3, -0.25) is 0 Å². The standard InChI is InChI=1S/C10H8Cl4O3S/c1-6(4-11)5-17-9-2-8(13)10(3-7(9)12)18(14,15)16/h2-4H,5H2,1H3/b6-4-. The van der Waals surface area contributed by atoms with E-state index in [1.807, 2.05) is 0 Å². The number of hydrogen-bond donors (Lipinski definition) is 0. The van der Waals surface area contributed by atoms with Crippen molar-refractivity contribution in [3.63, 3.8) is 0 Å². The lowest BCUT2D eigenvalue weighted by Gasteiger charge is -2.10. The van der Waals surface area contributed by atoms with Crippen LogP contribution in [-0.4, -0.2) is 15.0 Å². The van der Waals surface area contributed by atoms with Gasteiger partial charge in [-0.1, -0.05) is 34.8 Å². The van der Waals surface area contributed by atoms with E-state index in [0.717, 1.165) is 11.6 Å². The molecule has 0 unspecified atom stereocenters. The summed E-state index contributed by atoms with van der Waals surface area (Å²) in [4.78, 5) is -0.257. The molecule has 8 heteroatoms. The van der Waals surface area contributed by atoms with E-state index in [4.69, 9.17) is 50.2 Å². The molecule has 0 saturated carbocycles. The third-order valence-electron chi connectivity index (χ3n) is 1.89. The van der Waals surface area contributed by atoms with E-state index in [0.29, 0.717) is 0 Å². The van der Waals surface area contributed by atoms with Gasteiger partial charge in [0.05, 0.1) is 10.0 Å². The van der Waals surface area contributed by atoms with Gasteiger partial charge in [0.25, 0.3) is 9.05 Å². The Kier molecular flexibility index (Phi) is 5.62. The zero-order valence-corrected chi connectivity index (χ0v) is 12.9. The van der Waals surface area contributed by atoms with Crippen LogP contribution in [0.4, 0.5) is 0 Å². The maximum absolute atomic E-state index is 11.2. The highest BCUT2D eigenvalue weighted by Gasteiger charge is 2.18. The topological polar surface area (TPSA) is 43.4 Å². The van der Waals surface area contributed by atoms with E-state index in [9.17, 15) is 8.42 Å². The maximum atomic E-state index is 11.2. The Bertz CT molecular complexity index is 581. The van der Waals surface area contributed by atoms with Crippen LogP contribution in [0.1, 0.15) is 6.92 Å². The Hall–Kier alpha value is -0.130. The second kappa shape index (κ2) is 6.35. The Labute approximate surface area is 125 Å². The largest absolute Gasteiger partial charge is 0.488 e. The van der Waals surface area contributed by atoms with E-state index in [1.165, 1.54) is 11.6 Å². The molecule has 1 aromatic carbocycles. The molecule has 0 aromatic heterocycles. The SMILES string of the molecule is C/C(=C/Cl)COc1cc(Cl)c(S(=O)(=O)Cl)cc1Cl. The second-order valence-electron chi connectivity index (χ2n) is 3.40. The van der Waals surface area contributed by atoms with Crippen molar-refractivity contribution in [2.24, 2.45) is 0 Å². The first kappa shape index (κ1) is 15.9. The summed E-state index contributed by atoms with van der Waals surface area (Å²) in [5.74, 6) is 0.253. The van der Waals surface area contributed by atoms with Crippen molar-refractivity contribution in [2.45, 2.75) is 11.8 Å². The molecule has 100 valence electrons. The zero-order chi connectivity index (χ0) is 13.9. The highest BCUT2D eigenvalue weighted by Crippen LogP contribution is 2.35. The lowest BCUT2D eigenvalue weighted by molar-refractivity contribution is 0.352.